The van der Waals surface area contributed by atoms with Gasteiger partial charge in [0.2, 0.25) is 0 Å². The zero-order valence-corrected chi connectivity index (χ0v) is 37.0. The Morgan fingerprint density at radius 3 is 1.91 bits per heavy atom. The van der Waals surface area contributed by atoms with E-state index in [1.165, 1.54) is 0 Å². The number of benzene rings is 8. The lowest BCUT2D eigenvalue weighted by Gasteiger charge is -2.41. The minimum atomic E-state index is -1.03. The van der Waals surface area contributed by atoms with Gasteiger partial charge in [0.15, 0.2) is 17.2 Å². The van der Waals surface area contributed by atoms with Crippen LogP contribution in [0, 0.1) is 17.9 Å². The highest BCUT2D eigenvalue weighted by atomic mass is 16.5. The van der Waals surface area contributed by atoms with E-state index in [4.69, 9.17) is 26.0 Å². The summed E-state index contributed by atoms with van der Waals surface area (Å²) in [4.78, 5) is 16.7. The number of anilines is 3. The van der Waals surface area contributed by atoms with E-state index in [0.29, 0.717) is 22.7 Å². The quantitative estimate of drug-likeness (QED) is 0.164. The van der Waals surface area contributed by atoms with Gasteiger partial charge in [-0.2, -0.15) is 5.26 Å². The van der Waals surface area contributed by atoms with E-state index in [0.717, 1.165) is 117 Å². The first-order valence-corrected chi connectivity index (χ1v) is 23.1. The van der Waals surface area contributed by atoms with Crippen LogP contribution in [0.1, 0.15) is 27.8 Å². The first kappa shape index (κ1) is 38.2. The molecule has 3 aliphatic rings. The Morgan fingerprint density at radius 2 is 1.13 bits per heavy atom. The Kier molecular flexibility index (Phi) is 7.65. The summed E-state index contributed by atoms with van der Waals surface area (Å²) in [6, 6.07) is 66.6. The largest absolute Gasteiger partial charge is 0.457 e. The topological polar surface area (TPSA) is 85.5 Å². The molecule has 2 aliphatic heterocycles. The van der Waals surface area contributed by atoms with E-state index < -0.39 is 5.41 Å². The molecule has 4 aromatic heterocycles. The van der Waals surface area contributed by atoms with Crippen LogP contribution in [0.3, 0.4) is 0 Å². The molecule has 1 atom stereocenters. The zero-order valence-electron chi connectivity index (χ0n) is 37.0. The molecule has 1 unspecified atom stereocenters. The van der Waals surface area contributed by atoms with Gasteiger partial charge in [-0.25, -0.2) is 4.85 Å². The van der Waals surface area contributed by atoms with Crippen molar-refractivity contribution in [1.82, 2.24) is 19.1 Å². The van der Waals surface area contributed by atoms with Crippen molar-refractivity contribution in [3.63, 3.8) is 0 Å². The van der Waals surface area contributed by atoms with Crippen LogP contribution in [0.2, 0.25) is 0 Å². The minimum absolute atomic E-state index is 0.581. The van der Waals surface area contributed by atoms with Gasteiger partial charge in [0.25, 0.3) is 0 Å². The second-order valence-corrected chi connectivity index (χ2v) is 17.9. The number of aromatic nitrogens is 4. The third kappa shape index (κ3) is 4.96. The van der Waals surface area contributed by atoms with Gasteiger partial charge in [-0.3, -0.25) is 9.97 Å². The van der Waals surface area contributed by atoms with Gasteiger partial charge in [-0.15, -0.1) is 0 Å². The van der Waals surface area contributed by atoms with Crippen LogP contribution >= 0.6 is 0 Å². The number of fused-ring (bicyclic) bond motifs is 17. The molecule has 0 radical (unpaired) electrons. The van der Waals surface area contributed by atoms with Crippen molar-refractivity contribution in [1.29, 1.82) is 5.26 Å². The van der Waals surface area contributed by atoms with Gasteiger partial charge in [-0.05, 0) is 108 Å². The first-order valence-electron chi connectivity index (χ1n) is 23.1. The molecule has 0 amide bonds. The highest BCUT2D eigenvalue weighted by Crippen LogP contribution is 2.64. The van der Waals surface area contributed by atoms with Crippen molar-refractivity contribution in [3.8, 4) is 51.8 Å². The second kappa shape index (κ2) is 14.0. The number of hydrogen-bond acceptors (Lipinski definition) is 6. The van der Waals surface area contributed by atoms with Crippen LogP contribution in [-0.4, -0.2) is 19.1 Å². The van der Waals surface area contributed by atoms with Gasteiger partial charge in [-0.1, -0.05) is 84.9 Å². The molecule has 12 aromatic rings. The molecule has 0 saturated carbocycles. The summed E-state index contributed by atoms with van der Waals surface area (Å²) >= 11 is 0. The van der Waals surface area contributed by atoms with Gasteiger partial charge in [0.05, 0.1) is 91.7 Å². The lowest BCUT2D eigenvalue weighted by molar-refractivity contribution is 0.435. The molecule has 0 fully saturated rings. The van der Waals surface area contributed by atoms with Gasteiger partial charge in [0, 0.05) is 45.1 Å². The molecule has 324 valence electrons. The molecule has 15 rings (SSSR count). The van der Waals surface area contributed by atoms with Gasteiger partial charge < -0.3 is 23.5 Å². The zero-order chi connectivity index (χ0) is 46.2. The molecule has 1 aliphatic carbocycles. The van der Waals surface area contributed by atoms with Crippen LogP contribution < -0.4 is 14.4 Å². The van der Waals surface area contributed by atoms with Crippen molar-refractivity contribution in [2.24, 2.45) is 0 Å². The molecule has 70 heavy (non-hydrogen) atoms. The summed E-state index contributed by atoms with van der Waals surface area (Å²) < 4.78 is 18.4. The third-order valence-corrected chi connectivity index (χ3v) is 14.5. The summed E-state index contributed by atoms with van der Waals surface area (Å²) in [6.45, 7) is 7.93. The molecular weight excluding hydrogens is 863 g/mol. The molecule has 0 bridgehead atoms. The van der Waals surface area contributed by atoms with Crippen LogP contribution in [0.25, 0.3) is 71.2 Å². The van der Waals surface area contributed by atoms with Crippen molar-refractivity contribution in [2.75, 3.05) is 4.90 Å². The number of ether oxygens (including phenoxy) is 2. The van der Waals surface area contributed by atoms with Gasteiger partial charge >= 0.3 is 0 Å². The first-order chi connectivity index (χ1) is 34.6. The lowest BCUT2D eigenvalue weighted by Crippen LogP contribution is -2.34. The normalized spacial score (nSPS) is 14.8. The average molecular weight is 896 g/mol. The number of pyridine rings is 2. The highest BCUT2D eigenvalue weighted by molar-refractivity contribution is 6.11. The van der Waals surface area contributed by atoms with E-state index in [-0.39, 0.29) is 0 Å². The molecule has 6 heterocycles. The molecule has 8 aromatic carbocycles. The molecule has 1 spiro atoms. The van der Waals surface area contributed by atoms with Gasteiger partial charge in [0.1, 0.15) is 11.5 Å². The van der Waals surface area contributed by atoms with E-state index in [1.54, 1.807) is 0 Å². The van der Waals surface area contributed by atoms with Crippen LogP contribution in [0.15, 0.2) is 200 Å². The van der Waals surface area contributed by atoms with Crippen LogP contribution in [0.5, 0.6) is 23.0 Å². The monoisotopic (exact) mass is 895 g/mol. The molecule has 0 N–H and O–H groups in total. The molecular formula is C61H33N7O2. The number of hydrogen-bond donors (Lipinski definition) is 0. The Balaban J connectivity index is 1.06. The standard InChI is InChI=1S/C61H33N7O2/c1-63-37-24-28-50-43(31-37)41-13-3-5-16-48(41)68(50)53-19-10-22-56-58(53)61(44-26-25-38(33-57(44)70-56)66-51-17-6-8-20-54(51)69-55-21-9-7-18-52(55)66)45-14-11-29-64-59(45)60-46(61)32-39(35-65-60)67-47-15-4-2-12-40(47)42-30-36(34-62)23-27-49(42)67/h2-33,35H. The maximum atomic E-state index is 9.99. The molecule has 9 heteroatoms. The van der Waals surface area contributed by atoms with E-state index in [9.17, 15) is 5.26 Å². The maximum Gasteiger partial charge on any atom is 0.188 e. The number of nitrogens with zero attached hydrogens (tertiary/aromatic N) is 7. The second-order valence-electron chi connectivity index (χ2n) is 17.9. The van der Waals surface area contributed by atoms with Crippen molar-refractivity contribution < 1.29 is 9.47 Å². The Bertz CT molecular complexity index is 4330. The van der Waals surface area contributed by atoms with Crippen LogP contribution in [-0.2, 0) is 5.41 Å². The lowest BCUT2D eigenvalue weighted by atomic mass is 9.65. The summed E-state index contributed by atoms with van der Waals surface area (Å²) in [6.07, 6.45) is 3.80. The average Bonchev–Trinajstić information content (AvgIpc) is 4.03. The summed E-state index contributed by atoms with van der Waals surface area (Å²) in [5, 5.41) is 14.1. The van der Waals surface area contributed by atoms with Crippen molar-refractivity contribution in [3.05, 3.63) is 240 Å². The third-order valence-electron chi connectivity index (χ3n) is 14.5. The predicted octanol–water partition coefficient (Wildman–Crippen LogP) is 15.1. The molecule has 0 saturated heterocycles. The Hall–Kier alpha value is -9.96. The van der Waals surface area contributed by atoms with Crippen molar-refractivity contribution in [2.45, 2.75) is 5.41 Å². The highest BCUT2D eigenvalue weighted by Gasteiger charge is 2.54. The number of rotatable bonds is 3. The fourth-order valence-electron chi connectivity index (χ4n) is 11.7. The fraction of sp³-hybridized carbons (Fsp3) is 0.0164. The summed E-state index contributed by atoms with van der Waals surface area (Å²) in [7, 11) is 0. The smallest absolute Gasteiger partial charge is 0.188 e. The summed E-state index contributed by atoms with van der Waals surface area (Å²) in [5.41, 5.74) is 14.1. The van der Waals surface area contributed by atoms with E-state index >= 15 is 0 Å². The minimum Gasteiger partial charge on any atom is -0.457 e. The van der Waals surface area contributed by atoms with Crippen molar-refractivity contribution >= 4 is 66.4 Å². The Labute approximate surface area is 400 Å². The maximum absolute atomic E-state index is 9.99. The summed E-state index contributed by atoms with van der Waals surface area (Å²) in [5.74, 6) is 2.92. The van der Waals surface area contributed by atoms with E-state index in [2.05, 4.69) is 134 Å². The van der Waals surface area contributed by atoms with E-state index in [1.807, 2.05) is 91.3 Å². The predicted molar refractivity (Wildman–Crippen MR) is 274 cm³/mol. The Morgan fingerprint density at radius 1 is 0.486 bits per heavy atom. The van der Waals surface area contributed by atoms with Crippen LogP contribution in [0.4, 0.5) is 22.7 Å². The number of para-hydroxylation sites is 6. The molecule has 9 nitrogen and oxygen atoms in total. The fourth-order valence-corrected chi connectivity index (χ4v) is 11.7. The SMILES string of the molecule is [C-]#[N+]c1ccc2c(c1)c1ccccc1n2-c1cccc2c1C1(c3ccc(N4c5ccccc5Oc5ccccc54)cc3O2)c2cccnc2-c2ncc(-n3c4ccccc4c4cc(C#N)ccc43)cc21. The number of nitriles is 1.